The second-order valence-corrected chi connectivity index (χ2v) is 5.19. The van der Waals surface area contributed by atoms with Gasteiger partial charge in [0.2, 0.25) is 0 Å². The summed E-state index contributed by atoms with van der Waals surface area (Å²) in [5.41, 5.74) is 7.41. The van der Waals surface area contributed by atoms with Crippen molar-refractivity contribution in [3.63, 3.8) is 0 Å². The summed E-state index contributed by atoms with van der Waals surface area (Å²) in [6, 6.07) is 8.30. The van der Waals surface area contributed by atoms with Crippen LogP contribution in [-0.2, 0) is 0 Å². The van der Waals surface area contributed by atoms with E-state index in [4.69, 9.17) is 15.2 Å². The lowest BCUT2D eigenvalue weighted by Crippen LogP contribution is -2.02. The van der Waals surface area contributed by atoms with Crippen molar-refractivity contribution in [2.45, 2.75) is 6.92 Å². The molecule has 0 fully saturated rings. The summed E-state index contributed by atoms with van der Waals surface area (Å²) in [6.07, 6.45) is 0. The Labute approximate surface area is 131 Å². The van der Waals surface area contributed by atoms with Crippen LogP contribution in [0.15, 0.2) is 34.8 Å². The van der Waals surface area contributed by atoms with Crippen molar-refractivity contribution in [1.82, 2.24) is 0 Å². The lowest BCUT2D eigenvalue weighted by molar-refractivity contribution is 0.322. The topological polar surface area (TPSA) is 56.5 Å². The van der Waals surface area contributed by atoms with Gasteiger partial charge in [-0.3, -0.25) is 0 Å². The lowest BCUT2D eigenvalue weighted by Gasteiger charge is -2.15. The monoisotopic (exact) mass is 354 g/mol. The minimum atomic E-state index is -0.485. The van der Waals surface area contributed by atoms with Gasteiger partial charge in [0, 0.05) is 16.6 Å². The third-order valence-electron chi connectivity index (χ3n) is 2.83. The van der Waals surface area contributed by atoms with Gasteiger partial charge < -0.3 is 20.5 Å². The Morgan fingerprint density at radius 3 is 2.62 bits per heavy atom. The van der Waals surface area contributed by atoms with Crippen molar-refractivity contribution in [3.05, 3.63) is 40.6 Å². The molecule has 6 heteroatoms. The van der Waals surface area contributed by atoms with Gasteiger partial charge in [-0.15, -0.1) is 0 Å². The maximum absolute atomic E-state index is 13.7. The molecule has 0 saturated heterocycles. The van der Waals surface area contributed by atoms with Crippen LogP contribution in [0.4, 0.5) is 21.5 Å². The Hall–Kier alpha value is -1.95. The van der Waals surface area contributed by atoms with Crippen molar-refractivity contribution in [3.8, 4) is 11.5 Å². The van der Waals surface area contributed by atoms with Crippen molar-refractivity contribution in [2.75, 3.05) is 24.8 Å². The number of hydrogen-bond acceptors (Lipinski definition) is 4. The van der Waals surface area contributed by atoms with Gasteiger partial charge in [0.05, 0.1) is 30.8 Å². The zero-order valence-electron chi connectivity index (χ0n) is 11.7. The van der Waals surface area contributed by atoms with E-state index in [2.05, 4.69) is 21.2 Å². The minimum Gasteiger partial charge on any atom is -0.495 e. The van der Waals surface area contributed by atoms with Crippen molar-refractivity contribution in [1.29, 1.82) is 0 Å². The first-order valence-electron chi connectivity index (χ1n) is 6.37. The molecule has 0 bridgehead atoms. The zero-order chi connectivity index (χ0) is 15.4. The van der Waals surface area contributed by atoms with E-state index in [-0.39, 0.29) is 11.4 Å². The summed E-state index contributed by atoms with van der Waals surface area (Å²) >= 11 is 3.40. The fraction of sp³-hybridized carbons (Fsp3) is 0.200. The average molecular weight is 355 g/mol. The number of halogens is 2. The summed E-state index contributed by atoms with van der Waals surface area (Å²) in [5, 5.41) is 3.13. The summed E-state index contributed by atoms with van der Waals surface area (Å²) in [4.78, 5) is 0. The number of anilines is 3. The van der Waals surface area contributed by atoms with Crippen LogP contribution < -0.4 is 20.5 Å². The van der Waals surface area contributed by atoms with Crippen molar-refractivity contribution in [2.24, 2.45) is 0 Å². The van der Waals surface area contributed by atoms with E-state index in [9.17, 15) is 4.39 Å². The molecule has 0 aromatic heterocycles. The molecule has 0 aliphatic rings. The number of nitrogen functional groups attached to an aromatic ring is 1. The summed E-state index contributed by atoms with van der Waals surface area (Å²) < 4.78 is 25.1. The fourth-order valence-electron chi connectivity index (χ4n) is 1.87. The standard InChI is InChI=1S/C15H16BrFN2O2/c1-3-21-15-8-12(11(18)7-10(15)17)19-13-6-9(16)4-5-14(13)20-2/h4-8,19H,3,18H2,1-2H3. The Morgan fingerprint density at radius 2 is 1.95 bits per heavy atom. The van der Waals surface area contributed by atoms with Crippen LogP contribution >= 0.6 is 15.9 Å². The van der Waals surface area contributed by atoms with Crippen LogP contribution in [0, 0.1) is 5.82 Å². The minimum absolute atomic E-state index is 0.156. The highest BCUT2D eigenvalue weighted by atomic mass is 79.9. The number of benzene rings is 2. The van der Waals surface area contributed by atoms with E-state index in [1.54, 1.807) is 14.0 Å². The van der Waals surface area contributed by atoms with E-state index in [0.717, 1.165) is 4.47 Å². The molecule has 0 spiro atoms. The van der Waals surface area contributed by atoms with Crippen LogP contribution in [0.2, 0.25) is 0 Å². The molecule has 0 atom stereocenters. The molecule has 112 valence electrons. The number of ether oxygens (including phenoxy) is 2. The second kappa shape index (κ2) is 6.67. The van der Waals surface area contributed by atoms with E-state index >= 15 is 0 Å². The average Bonchev–Trinajstić information content (AvgIpc) is 2.44. The highest BCUT2D eigenvalue weighted by molar-refractivity contribution is 9.10. The normalized spacial score (nSPS) is 10.3. The zero-order valence-corrected chi connectivity index (χ0v) is 13.3. The second-order valence-electron chi connectivity index (χ2n) is 4.27. The first-order valence-corrected chi connectivity index (χ1v) is 7.16. The third-order valence-corrected chi connectivity index (χ3v) is 3.33. The number of nitrogens with two attached hydrogens (primary N) is 1. The summed E-state index contributed by atoms with van der Waals surface area (Å²) in [6.45, 7) is 2.17. The van der Waals surface area contributed by atoms with Gasteiger partial charge in [-0.2, -0.15) is 0 Å². The molecule has 0 amide bonds. The number of methoxy groups -OCH3 is 1. The number of hydrogen-bond donors (Lipinski definition) is 2. The van der Waals surface area contributed by atoms with Crippen LogP contribution in [0.5, 0.6) is 11.5 Å². The molecule has 0 aliphatic carbocycles. The predicted octanol–water partition coefficient (Wildman–Crippen LogP) is 4.32. The maximum Gasteiger partial charge on any atom is 0.167 e. The molecule has 2 aromatic carbocycles. The first-order chi connectivity index (χ1) is 10.0. The van der Waals surface area contributed by atoms with Gasteiger partial charge in [0.15, 0.2) is 11.6 Å². The van der Waals surface area contributed by atoms with Gasteiger partial charge in [0.1, 0.15) is 5.75 Å². The smallest absolute Gasteiger partial charge is 0.167 e. The molecule has 0 aliphatic heterocycles. The van der Waals surface area contributed by atoms with Gasteiger partial charge in [0.25, 0.3) is 0 Å². The lowest BCUT2D eigenvalue weighted by atomic mass is 10.2. The van der Waals surface area contributed by atoms with Gasteiger partial charge in [-0.05, 0) is 25.1 Å². The molecule has 4 nitrogen and oxygen atoms in total. The molecule has 0 unspecified atom stereocenters. The fourth-order valence-corrected chi connectivity index (χ4v) is 2.23. The van der Waals surface area contributed by atoms with Crippen LogP contribution in [-0.4, -0.2) is 13.7 Å². The largest absolute Gasteiger partial charge is 0.495 e. The molecule has 2 aromatic rings. The van der Waals surface area contributed by atoms with E-state index < -0.39 is 5.82 Å². The molecule has 21 heavy (non-hydrogen) atoms. The van der Waals surface area contributed by atoms with E-state index in [0.29, 0.717) is 23.7 Å². The first kappa shape index (κ1) is 15.4. The predicted molar refractivity (Wildman–Crippen MR) is 86.0 cm³/mol. The molecule has 0 heterocycles. The highest BCUT2D eigenvalue weighted by Crippen LogP contribution is 2.35. The molecule has 0 radical (unpaired) electrons. The van der Waals surface area contributed by atoms with Gasteiger partial charge >= 0.3 is 0 Å². The Balaban J connectivity index is 2.39. The third kappa shape index (κ3) is 3.58. The number of nitrogens with one attached hydrogen (secondary N) is 1. The van der Waals surface area contributed by atoms with Crippen LogP contribution in [0.3, 0.4) is 0 Å². The molecule has 3 N–H and O–H groups in total. The molecule has 0 saturated carbocycles. The van der Waals surface area contributed by atoms with Gasteiger partial charge in [-0.25, -0.2) is 4.39 Å². The Morgan fingerprint density at radius 1 is 1.19 bits per heavy atom. The van der Waals surface area contributed by atoms with Gasteiger partial charge in [-0.1, -0.05) is 15.9 Å². The summed E-state index contributed by atoms with van der Waals surface area (Å²) in [5.74, 6) is 0.323. The van der Waals surface area contributed by atoms with E-state index in [1.165, 1.54) is 12.1 Å². The molecule has 2 rings (SSSR count). The van der Waals surface area contributed by atoms with Crippen molar-refractivity contribution >= 4 is 33.0 Å². The Bertz CT molecular complexity index is 650. The molecular formula is C15H16BrFN2O2. The quantitative estimate of drug-likeness (QED) is 0.785. The van der Waals surface area contributed by atoms with Crippen LogP contribution in [0.25, 0.3) is 0 Å². The number of rotatable bonds is 5. The summed E-state index contributed by atoms with van der Waals surface area (Å²) in [7, 11) is 1.58. The highest BCUT2D eigenvalue weighted by Gasteiger charge is 2.11. The molecular weight excluding hydrogens is 339 g/mol. The van der Waals surface area contributed by atoms with Crippen LogP contribution in [0.1, 0.15) is 6.92 Å². The SMILES string of the molecule is CCOc1cc(Nc2cc(Br)ccc2OC)c(N)cc1F. The van der Waals surface area contributed by atoms with E-state index in [1.807, 2.05) is 18.2 Å². The Kier molecular flexibility index (Phi) is 4.90. The van der Waals surface area contributed by atoms with Crippen molar-refractivity contribution < 1.29 is 13.9 Å². The maximum atomic E-state index is 13.7.